The van der Waals surface area contributed by atoms with Gasteiger partial charge in [0.15, 0.2) is 0 Å². The van der Waals surface area contributed by atoms with E-state index in [9.17, 15) is 4.79 Å². The van der Waals surface area contributed by atoms with Crippen molar-refractivity contribution in [1.82, 2.24) is 0 Å². The van der Waals surface area contributed by atoms with Crippen LogP contribution in [-0.4, -0.2) is 11.1 Å². The van der Waals surface area contributed by atoms with Gasteiger partial charge in [0, 0.05) is 22.0 Å². The van der Waals surface area contributed by atoms with Gasteiger partial charge < -0.3 is 5.11 Å². The number of allylic oxidation sites excluding steroid dienone is 1. The zero-order valence-corrected chi connectivity index (χ0v) is 12.0. The number of carbonyl (C=O) groups is 1. The van der Waals surface area contributed by atoms with E-state index in [2.05, 4.69) is 0 Å². The van der Waals surface area contributed by atoms with Crippen molar-refractivity contribution in [3.8, 4) is 0 Å². The average molecular weight is 299 g/mol. The molecule has 1 N–H and O–H groups in total. The largest absolute Gasteiger partial charge is 0.478 e. The van der Waals surface area contributed by atoms with Crippen molar-refractivity contribution >= 4 is 29.2 Å². The molecule has 0 saturated heterocycles. The SMILES string of the molecule is O=C(O)/C=C1\CCCCCC1c1cc(Cl)cc(Cl)c1. The highest BCUT2D eigenvalue weighted by Gasteiger charge is 2.21. The molecule has 1 atom stereocenters. The molecule has 0 aromatic heterocycles. The van der Waals surface area contributed by atoms with Crippen LogP contribution in [0.1, 0.15) is 43.6 Å². The molecule has 1 aliphatic rings. The summed E-state index contributed by atoms with van der Waals surface area (Å²) in [5, 5.41) is 10.2. The molecule has 1 saturated carbocycles. The molecule has 0 radical (unpaired) electrons. The lowest BCUT2D eigenvalue weighted by Gasteiger charge is -2.18. The summed E-state index contributed by atoms with van der Waals surface area (Å²) in [4.78, 5) is 11.0. The van der Waals surface area contributed by atoms with E-state index in [1.54, 1.807) is 6.07 Å². The molecular weight excluding hydrogens is 283 g/mol. The van der Waals surface area contributed by atoms with E-state index in [4.69, 9.17) is 28.3 Å². The fraction of sp³-hybridized carbons (Fsp3) is 0.400. The number of hydrogen-bond donors (Lipinski definition) is 1. The first-order valence-electron chi connectivity index (χ1n) is 6.45. The second-order valence-electron chi connectivity index (χ2n) is 4.91. The zero-order chi connectivity index (χ0) is 13.8. The van der Waals surface area contributed by atoms with E-state index in [1.165, 1.54) is 6.08 Å². The number of aliphatic carboxylic acids is 1. The van der Waals surface area contributed by atoms with E-state index in [0.29, 0.717) is 10.0 Å². The predicted octanol–water partition coefficient (Wildman–Crippen LogP) is 5.05. The number of hydrogen-bond acceptors (Lipinski definition) is 1. The molecule has 1 fully saturated rings. The Bertz CT molecular complexity index is 489. The van der Waals surface area contributed by atoms with Crippen molar-refractivity contribution in [2.45, 2.75) is 38.0 Å². The van der Waals surface area contributed by atoms with Crippen LogP contribution >= 0.6 is 23.2 Å². The van der Waals surface area contributed by atoms with Crippen LogP contribution in [0.25, 0.3) is 0 Å². The normalized spacial score (nSPS) is 22.2. The Hall–Kier alpha value is -0.990. The maximum Gasteiger partial charge on any atom is 0.328 e. The number of carboxylic acids is 1. The fourth-order valence-electron chi connectivity index (χ4n) is 2.70. The highest BCUT2D eigenvalue weighted by Crippen LogP contribution is 2.38. The summed E-state index contributed by atoms with van der Waals surface area (Å²) in [6, 6.07) is 5.47. The van der Waals surface area contributed by atoms with Gasteiger partial charge in [-0.1, -0.05) is 41.6 Å². The first-order chi connectivity index (χ1) is 9.06. The maximum atomic E-state index is 11.0. The molecular formula is C15H16Cl2O2. The minimum atomic E-state index is -0.880. The Kier molecular flexibility index (Phi) is 4.89. The third kappa shape index (κ3) is 3.99. The van der Waals surface area contributed by atoms with Crippen LogP contribution in [0.4, 0.5) is 0 Å². The van der Waals surface area contributed by atoms with Crippen molar-refractivity contribution in [2.75, 3.05) is 0 Å². The maximum absolute atomic E-state index is 11.0. The highest BCUT2D eigenvalue weighted by atomic mass is 35.5. The molecule has 0 heterocycles. The lowest BCUT2D eigenvalue weighted by molar-refractivity contribution is -0.131. The molecule has 1 aromatic carbocycles. The van der Waals surface area contributed by atoms with Gasteiger partial charge >= 0.3 is 5.97 Å². The van der Waals surface area contributed by atoms with Gasteiger partial charge in [0.25, 0.3) is 0 Å². The van der Waals surface area contributed by atoms with Crippen molar-refractivity contribution in [3.05, 3.63) is 45.5 Å². The minimum absolute atomic E-state index is 0.120. The molecule has 2 rings (SSSR count). The Morgan fingerprint density at radius 2 is 1.84 bits per heavy atom. The molecule has 102 valence electrons. The second kappa shape index (κ2) is 6.44. The smallest absolute Gasteiger partial charge is 0.328 e. The summed E-state index contributed by atoms with van der Waals surface area (Å²) in [6.07, 6.45) is 6.43. The third-order valence-electron chi connectivity index (χ3n) is 3.50. The lowest BCUT2D eigenvalue weighted by Crippen LogP contribution is -2.04. The summed E-state index contributed by atoms with van der Waals surface area (Å²) >= 11 is 12.1. The van der Waals surface area contributed by atoms with Crippen molar-refractivity contribution in [2.24, 2.45) is 0 Å². The van der Waals surface area contributed by atoms with Crippen LogP contribution < -0.4 is 0 Å². The van der Waals surface area contributed by atoms with E-state index in [-0.39, 0.29) is 5.92 Å². The van der Waals surface area contributed by atoms with Crippen molar-refractivity contribution in [1.29, 1.82) is 0 Å². The van der Waals surface area contributed by atoms with Gasteiger partial charge in [-0.15, -0.1) is 0 Å². The lowest BCUT2D eigenvalue weighted by atomic mass is 9.87. The summed E-state index contributed by atoms with van der Waals surface area (Å²) < 4.78 is 0. The molecule has 4 heteroatoms. The predicted molar refractivity (Wildman–Crippen MR) is 78.0 cm³/mol. The van der Waals surface area contributed by atoms with Crippen molar-refractivity contribution in [3.63, 3.8) is 0 Å². The molecule has 19 heavy (non-hydrogen) atoms. The Labute approximate surface area is 123 Å². The third-order valence-corrected chi connectivity index (χ3v) is 3.94. The van der Waals surface area contributed by atoms with E-state index in [1.807, 2.05) is 12.1 Å². The molecule has 2 nitrogen and oxygen atoms in total. The van der Waals surface area contributed by atoms with Gasteiger partial charge in [0.2, 0.25) is 0 Å². The highest BCUT2D eigenvalue weighted by molar-refractivity contribution is 6.34. The first kappa shape index (κ1) is 14.4. The first-order valence-corrected chi connectivity index (χ1v) is 7.21. The van der Waals surface area contributed by atoms with Crippen LogP contribution in [0.3, 0.4) is 0 Å². The number of rotatable bonds is 2. The Balaban J connectivity index is 2.39. The minimum Gasteiger partial charge on any atom is -0.478 e. The monoisotopic (exact) mass is 298 g/mol. The van der Waals surface area contributed by atoms with Gasteiger partial charge in [0.05, 0.1) is 0 Å². The van der Waals surface area contributed by atoms with Crippen LogP contribution in [0.15, 0.2) is 29.8 Å². The molecule has 0 aliphatic heterocycles. The molecule has 1 aliphatic carbocycles. The molecule has 1 aromatic rings. The van der Waals surface area contributed by atoms with Gasteiger partial charge in [-0.2, -0.15) is 0 Å². The van der Waals surface area contributed by atoms with E-state index < -0.39 is 5.97 Å². The van der Waals surface area contributed by atoms with Crippen molar-refractivity contribution < 1.29 is 9.90 Å². The fourth-order valence-corrected chi connectivity index (χ4v) is 3.25. The number of carboxylic acid groups (broad SMARTS) is 1. The summed E-state index contributed by atoms with van der Waals surface area (Å²) in [7, 11) is 0. The van der Waals surface area contributed by atoms with E-state index >= 15 is 0 Å². The molecule has 0 bridgehead atoms. The second-order valence-corrected chi connectivity index (χ2v) is 5.79. The summed E-state index contributed by atoms with van der Waals surface area (Å²) in [6.45, 7) is 0. The molecule has 0 spiro atoms. The molecule has 0 amide bonds. The van der Waals surface area contributed by atoms with Gasteiger partial charge in [-0.3, -0.25) is 0 Å². The van der Waals surface area contributed by atoms with Crippen LogP contribution in [0.5, 0.6) is 0 Å². The molecule has 1 unspecified atom stereocenters. The zero-order valence-electron chi connectivity index (χ0n) is 10.5. The summed E-state index contributed by atoms with van der Waals surface area (Å²) in [5.74, 6) is -0.759. The standard InChI is InChI=1S/C15H16Cl2O2/c16-12-6-11(7-13(17)9-12)14-5-3-1-2-4-10(14)8-15(18)19/h6-9,14H,1-5H2,(H,18,19)/b10-8+. The Morgan fingerprint density at radius 1 is 1.16 bits per heavy atom. The van der Waals surface area contributed by atoms with Gasteiger partial charge in [-0.25, -0.2) is 4.79 Å². The topological polar surface area (TPSA) is 37.3 Å². The van der Waals surface area contributed by atoms with Gasteiger partial charge in [-0.05, 0) is 43.0 Å². The summed E-state index contributed by atoms with van der Waals surface area (Å²) in [5.41, 5.74) is 2.00. The Morgan fingerprint density at radius 3 is 2.47 bits per heavy atom. The average Bonchev–Trinajstić information content (AvgIpc) is 2.52. The quantitative estimate of drug-likeness (QED) is 0.612. The number of halogens is 2. The van der Waals surface area contributed by atoms with Crippen LogP contribution in [0, 0.1) is 0 Å². The van der Waals surface area contributed by atoms with Crippen LogP contribution in [-0.2, 0) is 4.79 Å². The van der Waals surface area contributed by atoms with E-state index in [0.717, 1.165) is 43.2 Å². The number of benzene rings is 1. The van der Waals surface area contributed by atoms with Crippen LogP contribution in [0.2, 0.25) is 10.0 Å². The van der Waals surface area contributed by atoms with Gasteiger partial charge in [0.1, 0.15) is 0 Å².